The van der Waals surface area contributed by atoms with E-state index in [1.54, 1.807) is 37.0 Å². The van der Waals surface area contributed by atoms with Crippen LogP contribution in [0.5, 0.6) is 0 Å². The lowest BCUT2D eigenvalue weighted by atomic mass is 10.2. The largest absolute Gasteiger partial charge is 0.464 e. The molecule has 6 heteroatoms. The second kappa shape index (κ2) is 5.77. The highest BCUT2D eigenvalue weighted by molar-refractivity contribution is 5.87. The fourth-order valence-electron chi connectivity index (χ4n) is 1.98. The zero-order chi connectivity index (χ0) is 15.5. The van der Waals surface area contributed by atoms with Crippen LogP contribution in [-0.4, -0.2) is 28.0 Å². The van der Waals surface area contributed by atoms with Crippen molar-refractivity contribution in [3.8, 4) is 22.7 Å². The van der Waals surface area contributed by atoms with Gasteiger partial charge >= 0.3 is 5.97 Å². The number of nitrogens with zero attached hydrogens (tertiary/aromatic N) is 3. The van der Waals surface area contributed by atoms with Gasteiger partial charge in [0.05, 0.1) is 12.7 Å². The van der Waals surface area contributed by atoms with E-state index in [-0.39, 0.29) is 5.69 Å². The third-order valence-corrected chi connectivity index (χ3v) is 3.08. The fourth-order valence-corrected chi connectivity index (χ4v) is 1.98. The second-order valence-electron chi connectivity index (χ2n) is 4.71. The molecule has 22 heavy (non-hydrogen) atoms. The number of carbonyl (C=O) groups excluding carboxylic acids is 1. The van der Waals surface area contributed by atoms with Crippen LogP contribution in [0.2, 0.25) is 0 Å². The van der Waals surface area contributed by atoms with Gasteiger partial charge in [-0.1, -0.05) is 0 Å². The number of aromatic nitrogens is 3. The summed E-state index contributed by atoms with van der Waals surface area (Å²) in [5, 5.41) is 0. The van der Waals surface area contributed by atoms with Crippen LogP contribution in [0.4, 0.5) is 0 Å². The Labute approximate surface area is 126 Å². The summed E-state index contributed by atoms with van der Waals surface area (Å²) in [6.45, 7) is 1.95. The van der Waals surface area contributed by atoms with Crippen LogP contribution < -0.4 is 0 Å². The van der Waals surface area contributed by atoms with Crippen LogP contribution in [0.1, 0.15) is 16.1 Å². The van der Waals surface area contributed by atoms with E-state index in [0.717, 1.165) is 16.7 Å². The first-order chi connectivity index (χ1) is 10.7. The first-order valence-corrected chi connectivity index (χ1v) is 6.59. The van der Waals surface area contributed by atoms with Crippen LogP contribution in [0.25, 0.3) is 22.7 Å². The molecule has 3 heterocycles. The summed E-state index contributed by atoms with van der Waals surface area (Å²) in [6.07, 6.45) is 6.57. The Morgan fingerprint density at radius 3 is 2.73 bits per heavy atom. The molecule has 3 aromatic heterocycles. The van der Waals surface area contributed by atoms with Gasteiger partial charge in [0.1, 0.15) is 17.7 Å². The molecule has 0 unspecified atom stereocenters. The highest BCUT2D eigenvalue weighted by atomic mass is 16.5. The number of hydrogen-bond acceptors (Lipinski definition) is 6. The molecule has 3 rings (SSSR count). The van der Waals surface area contributed by atoms with Crippen molar-refractivity contribution in [2.24, 2.45) is 0 Å². The van der Waals surface area contributed by atoms with E-state index in [1.807, 2.05) is 13.0 Å². The topological polar surface area (TPSA) is 78.1 Å². The molecule has 0 amide bonds. The number of esters is 1. The third kappa shape index (κ3) is 2.71. The summed E-state index contributed by atoms with van der Waals surface area (Å²) in [7, 11) is 1.32. The predicted octanol–water partition coefficient (Wildman–Crippen LogP) is 2.89. The van der Waals surface area contributed by atoms with Gasteiger partial charge in [-0.3, -0.25) is 4.98 Å². The fraction of sp³-hybridized carbons (Fsp3) is 0.125. The Morgan fingerprint density at radius 2 is 2.05 bits per heavy atom. The molecule has 0 atom stereocenters. The molecule has 0 bridgehead atoms. The van der Waals surface area contributed by atoms with Gasteiger partial charge in [0.15, 0.2) is 0 Å². The summed E-state index contributed by atoms with van der Waals surface area (Å²) in [6, 6.07) is 5.28. The van der Waals surface area contributed by atoms with E-state index < -0.39 is 5.97 Å². The Morgan fingerprint density at radius 1 is 1.18 bits per heavy atom. The molecule has 0 aromatic carbocycles. The molecule has 0 fully saturated rings. The lowest BCUT2D eigenvalue weighted by Crippen LogP contribution is -2.03. The summed E-state index contributed by atoms with van der Waals surface area (Å²) >= 11 is 0. The van der Waals surface area contributed by atoms with Crippen LogP contribution in [0.3, 0.4) is 0 Å². The summed E-state index contributed by atoms with van der Waals surface area (Å²) in [4.78, 5) is 24.0. The number of pyridine rings is 2. The molecule has 6 nitrogen and oxygen atoms in total. The van der Waals surface area contributed by atoms with Crippen molar-refractivity contribution in [1.82, 2.24) is 15.0 Å². The molecule has 0 spiro atoms. The third-order valence-electron chi connectivity index (χ3n) is 3.08. The lowest BCUT2D eigenvalue weighted by Gasteiger charge is -1.99. The zero-order valence-corrected chi connectivity index (χ0v) is 12.1. The van der Waals surface area contributed by atoms with Crippen molar-refractivity contribution >= 4 is 5.97 Å². The SMILES string of the molecule is COC(=O)c1ccc(-c2coc(-c3cncc(C)c3)n2)cn1. The van der Waals surface area contributed by atoms with E-state index in [4.69, 9.17) is 4.42 Å². The molecule has 0 radical (unpaired) electrons. The van der Waals surface area contributed by atoms with Crippen LogP contribution >= 0.6 is 0 Å². The van der Waals surface area contributed by atoms with E-state index >= 15 is 0 Å². The molecule has 0 saturated heterocycles. The van der Waals surface area contributed by atoms with Gasteiger partial charge in [-0.05, 0) is 30.7 Å². The first kappa shape index (κ1) is 13.9. The maximum atomic E-state index is 11.4. The zero-order valence-electron chi connectivity index (χ0n) is 12.1. The van der Waals surface area contributed by atoms with Gasteiger partial charge in [-0.25, -0.2) is 14.8 Å². The van der Waals surface area contributed by atoms with Gasteiger partial charge in [0.25, 0.3) is 0 Å². The van der Waals surface area contributed by atoms with Crippen molar-refractivity contribution in [1.29, 1.82) is 0 Å². The minimum atomic E-state index is -0.474. The molecular formula is C16H13N3O3. The van der Waals surface area contributed by atoms with Crippen molar-refractivity contribution < 1.29 is 13.9 Å². The van der Waals surface area contributed by atoms with E-state index in [0.29, 0.717) is 11.6 Å². The molecule has 0 saturated carbocycles. The number of aryl methyl sites for hydroxylation is 1. The molecular weight excluding hydrogens is 282 g/mol. The second-order valence-corrected chi connectivity index (χ2v) is 4.71. The number of methoxy groups -OCH3 is 1. The number of carbonyl (C=O) groups is 1. The molecule has 110 valence electrons. The summed E-state index contributed by atoms with van der Waals surface area (Å²) in [5.41, 5.74) is 3.48. The Hall–Kier alpha value is -3.02. The predicted molar refractivity (Wildman–Crippen MR) is 79.0 cm³/mol. The minimum Gasteiger partial charge on any atom is -0.464 e. The highest BCUT2D eigenvalue weighted by Gasteiger charge is 2.11. The van der Waals surface area contributed by atoms with Crippen LogP contribution in [-0.2, 0) is 4.74 Å². The molecule has 3 aromatic rings. The van der Waals surface area contributed by atoms with Crippen LogP contribution in [0.15, 0.2) is 47.5 Å². The van der Waals surface area contributed by atoms with Gasteiger partial charge in [-0.2, -0.15) is 0 Å². The van der Waals surface area contributed by atoms with Gasteiger partial charge in [0, 0.05) is 24.2 Å². The van der Waals surface area contributed by atoms with Crippen molar-refractivity contribution in [3.63, 3.8) is 0 Å². The van der Waals surface area contributed by atoms with Crippen molar-refractivity contribution in [2.75, 3.05) is 7.11 Å². The summed E-state index contributed by atoms with van der Waals surface area (Å²) < 4.78 is 10.1. The lowest BCUT2D eigenvalue weighted by molar-refractivity contribution is 0.0594. The van der Waals surface area contributed by atoms with Gasteiger partial charge in [0.2, 0.25) is 5.89 Å². The molecule has 0 aliphatic rings. The average molecular weight is 295 g/mol. The Kier molecular flexibility index (Phi) is 3.65. The quantitative estimate of drug-likeness (QED) is 0.691. The summed E-state index contributed by atoms with van der Waals surface area (Å²) in [5.74, 6) is 0.0153. The van der Waals surface area contributed by atoms with E-state index in [9.17, 15) is 4.79 Å². The van der Waals surface area contributed by atoms with Crippen molar-refractivity contribution in [3.05, 3.63) is 54.3 Å². The average Bonchev–Trinajstić information content (AvgIpc) is 3.04. The first-order valence-electron chi connectivity index (χ1n) is 6.59. The molecule has 0 aliphatic heterocycles. The van der Waals surface area contributed by atoms with E-state index in [1.165, 1.54) is 7.11 Å². The molecule has 0 aliphatic carbocycles. The standard InChI is InChI=1S/C16H13N3O3/c1-10-5-12(7-17-6-10)15-19-14(9-22-15)11-3-4-13(18-8-11)16(20)21-2/h3-9H,1-2H3. The molecule has 0 N–H and O–H groups in total. The van der Waals surface area contributed by atoms with Crippen LogP contribution in [0, 0.1) is 6.92 Å². The highest BCUT2D eigenvalue weighted by Crippen LogP contribution is 2.24. The van der Waals surface area contributed by atoms with Gasteiger partial charge < -0.3 is 9.15 Å². The maximum Gasteiger partial charge on any atom is 0.356 e. The van der Waals surface area contributed by atoms with E-state index in [2.05, 4.69) is 19.7 Å². The smallest absolute Gasteiger partial charge is 0.356 e. The normalized spacial score (nSPS) is 10.5. The minimum absolute atomic E-state index is 0.248. The maximum absolute atomic E-state index is 11.4. The van der Waals surface area contributed by atoms with Crippen molar-refractivity contribution in [2.45, 2.75) is 6.92 Å². The number of hydrogen-bond donors (Lipinski definition) is 0. The van der Waals surface area contributed by atoms with Gasteiger partial charge in [-0.15, -0.1) is 0 Å². The number of ether oxygens (including phenoxy) is 1. The monoisotopic (exact) mass is 295 g/mol. The number of oxazole rings is 1. The Balaban J connectivity index is 1.89. The Bertz CT molecular complexity index is 810. The number of rotatable bonds is 3.